The zero-order valence-corrected chi connectivity index (χ0v) is 10.0. The Labute approximate surface area is 88.0 Å². The number of hydrogen-bond donors (Lipinski definition) is 0. The number of rotatable bonds is 4. The highest BCUT2D eigenvalue weighted by Gasteiger charge is 2.17. The van der Waals surface area contributed by atoms with Crippen LogP contribution in [0.1, 0.15) is 0 Å². The molecule has 1 aliphatic rings. The molecule has 0 radical (unpaired) electrons. The van der Waals surface area contributed by atoms with Crippen molar-refractivity contribution in [1.29, 1.82) is 0 Å². The fraction of sp³-hybridized carbons (Fsp3) is 1.00. The molecular weight excluding hydrogens is 176 g/mol. The smallest absolute Gasteiger partial charge is 0.0261 e. The number of nitrogens with zero attached hydrogens (tertiary/aromatic N) is 4. The molecule has 4 nitrogen and oxygen atoms in total. The van der Waals surface area contributed by atoms with E-state index in [-0.39, 0.29) is 0 Å². The van der Waals surface area contributed by atoms with E-state index in [1.54, 1.807) is 0 Å². The molecule has 0 aromatic carbocycles. The average molecular weight is 200 g/mol. The third-order valence-electron chi connectivity index (χ3n) is 2.78. The van der Waals surface area contributed by atoms with E-state index in [1.807, 2.05) is 0 Å². The lowest BCUT2D eigenvalue weighted by atomic mass is 10.3. The summed E-state index contributed by atoms with van der Waals surface area (Å²) in [6, 6.07) is 0. The van der Waals surface area contributed by atoms with Crippen LogP contribution in [0.5, 0.6) is 0 Å². The topological polar surface area (TPSA) is 13.0 Å². The molecule has 0 amide bonds. The highest BCUT2D eigenvalue weighted by Crippen LogP contribution is 2.02. The fourth-order valence-corrected chi connectivity index (χ4v) is 1.70. The monoisotopic (exact) mass is 200 g/mol. The average Bonchev–Trinajstić information content (AvgIpc) is 2.15. The number of likely N-dealkylation sites (N-methyl/N-ethyl adjacent to an activating group) is 1. The van der Waals surface area contributed by atoms with Gasteiger partial charge in [0.05, 0.1) is 0 Å². The molecule has 0 spiro atoms. The molecule has 0 N–H and O–H groups in total. The Morgan fingerprint density at radius 3 is 1.93 bits per heavy atom. The zero-order valence-electron chi connectivity index (χ0n) is 10.0. The quantitative estimate of drug-likeness (QED) is 0.614. The van der Waals surface area contributed by atoms with E-state index >= 15 is 0 Å². The van der Waals surface area contributed by atoms with E-state index < -0.39 is 0 Å². The van der Waals surface area contributed by atoms with Gasteiger partial charge in [0, 0.05) is 53.4 Å². The van der Waals surface area contributed by atoms with Crippen LogP contribution in [0.3, 0.4) is 0 Å². The third-order valence-corrected chi connectivity index (χ3v) is 2.78. The Hall–Kier alpha value is -0.160. The second-order valence-electron chi connectivity index (χ2n) is 4.45. The molecule has 1 aliphatic heterocycles. The first-order valence-electron chi connectivity index (χ1n) is 5.39. The second kappa shape index (κ2) is 5.66. The summed E-state index contributed by atoms with van der Waals surface area (Å²) in [5, 5.41) is 4.59. The van der Waals surface area contributed by atoms with E-state index in [4.69, 9.17) is 0 Å². The molecule has 0 aliphatic carbocycles. The van der Waals surface area contributed by atoms with Gasteiger partial charge in [0.2, 0.25) is 0 Å². The predicted molar refractivity (Wildman–Crippen MR) is 60.3 cm³/mol. The molecule has 84 valence electrons. The van der Waals surface area contributed by atoms with Gasteiger partial charge in [-0.05, 0) is 14.1 Å². The maximum atomic E-state index is 2.54. The van der Waals surface area contributed by atoms with Crippen LogP contribution in [0.15, 0.2) is 0 Å². The maximum absolute atomic E-state index is 2.54. The van der Waals surface area contributed by atoms with Crippen molar-refractivity contribution in [3.63, 3.8) is 0 Å². The minimum absolute atomic E-state index is 1.17. The van der Waals surface area contributed by atoms with Gasteiger partial charge >= 0.3 is 0 Å². The van der Waals surface area contributed by atoms with Crippen molar-refractivity contribution in [1.82, 2.24) is 19.8 Å². The van der Waals surface area contributed by atoms with E-state index in [0.717, 1.165) is 0 Å². The van der Waals surface area contributed by atoms with E-state index in [0.29, 0.717) is 0 Å². The summed E-state index contributed by atoms with van der Waals surface area (Å²) in [6.45, 7) is 7.11. The predicted octanol–water partition coefficient (Wildman–Crippen LogP) is -0.358. The summed E-state index contributed by atoms with van der Waals surface area (Å²) in [6.07, 6.45) is 0. The standard InChI is InChI=1S/C10H24N4/c1-11(2)5-6-13-7-9-14(10-8-13)12(3)4/h5-10H2,1-4H3. The number of hydrazine groups is 1. The Morgan fingerprint density at radius 2 is 1.50 bits per heavy atom. The van der Waals surface area contributed by atoms with Gasteiger partial charge in [-0.2, -0.15) is 0 Å². The van der Waals surface area contributed by atoms with Gasteiger partial charge in [-0.3, -0.25) is 4.90 Å². The van der Waals surface area contributed by atoms with Crippen molar-refractivity contribution in [2.75, 3.05) is 67.5 Å². The minimum Gasteiger partial charge on any atom is -0.308 e. The Bertz CT molecular complexity index is 150. The van der Waals surface area contributed by atoms with Gasteiger partial charge in [0.15, 0.2) is 0 Å². The van der Waals surface area contributed by atoms with Gasteiger partial charge < -0.3 is 4.90 Å². The van der Waals surface area contributed by atoms with Crippen molar-refractivity contribution >= 4 is 0 Å². The van der Waals surface area contributed by atoms with Crippen LogP contribution in [0.25, 0.3) is 0 Å². The lowest BCUT2D eigenvalue weighted by molar-refractivity contribution is -0.0195. The molecule has 1 heterocycles. The van der Waals surface area contributed by atoms with Crippen LogP contribution in [0.4, 0.5) is 0 Å². The van der Waals surface area contributed by atoms with Crippen molar-refractivity contribution in [2.24, 2.45) is 0 Å². The second-order valence-corrected chi connectivity index (χ2v) is 4.45. The lowest BCUT2D eigenvalue weighted by Gasteiger charge is -2.38. The highest BCUT2D eigenvalue weighted by molar-refractivity contribution is 4.69. The summed E-state index contributed by atoms with van der Waals surface area (Å²) in [7, 11) is 8.51. The van der Waals surface area contributed by atoms with Crippen LogP contribution in [0.2, 0.25) is 0 Å². The van der Waals surface area contributed by atoms with Gasteiger partial charge in [-0.1, -0.05) is 0 Å². The van der Waals surface area contributed by atoms with Crippen LogP contribution in [0, 0.1) is 0 Å². The molecule has 0 bridgehead atoms. The molecule has 0 atom stereocenters. The fourth-order valence-electron chi connectivity index (χ4n) is 1.70. The third kappa shape index (κ3) is 3.92. The highest BCUT2D eigenvalue weighted by atomic mass is 15.6. The molecule has 0 saturated carbocycles. The van der Waals surface area contributed by atoms with E-state index in [2.05, 4.69) is 48.0 Å². The van der Waals surface area contributed by atoms with Gasteiger partial charge in [-0.25, -0.2) is 10.0 Å². The summed E-state index contributed by atoms with van der Waals surface area (Å²) >= 11 is 0. The first-order chi connectivity index (χ1) is 6.59. The van der Waals surface area contributed by atoms with Crippen molar-refractivity contribution in [3.05, 3.63) is 0 Å². The molecule has 1 fully saturated rings. The summed E-state index contributed by atoms with van der Waals surface area (Å²) in [5.74, 6) is 0. The largest absolute Gasteiger partial charge is 0.308 e. The molecule has 0 aromatic heterocycles. The minimum atomic E-state index is 1.17. The number of piperazine rings is 1. The summed E-state index contributed by atoms with van der Waals surface area (Å²) in [5.41, 5.74) is 0. The molecule has 1 saturated heterocycles. The van der Waals surface area contributed by atoms with E-state index in [1.165, 1.54) is 39.3 Å². The van der Waals surface area contributed by atoms with Crippen LogP contribution < -0.4 is 0 Å². The molecule has 1 rings (SSSR count). The van der Waals surface area contributed by atoms with E-state index in [9.17, 15) is 0 Å². The summed E-state index contributed by atoms with van der Waals surface area (Å²) in [4.78, 5) is 4.79. The molecule has 14 heavy (non-hydrogen) atoms. The lowest BCUT2D eigenvalue weighted by Crippen LogP contribution is -2.52. The first kappa shape index (κ1) is 11.9. The Kier molecular flexibility index (Phi) is 4.81. The van der Waals surface area contributed by atoms with Crippen LogP contribution in [-0.2, 0) is 0 Å². The van der Waals surface area contributed by atoms with Crippen molar-refractivity contribution < 1.29 is 0 Å². The Balaban J connectivity index is 2.16. The van der Waals surface area contributed by atoms with Crippen molar-refractivity contribution in [2.45, 2.75) is 0 Å². The molecule has 4 heteroatoms. The first-order valence-corrected chi connectivity index (χ1v) is 5.39. The van der Waals surface area contributed by atoms with Gasteiger partial charge in [0.1, 0.15) is 0 Å². The number of hydrogen-bond acceptors (Lipinski definition) is 4. The van der Waals surface area contributed by atoms with Crippen molar-refractivity contribution in [3.8, 4) is 0 Å². The molecule has 0 aromatic rings. The molecular formula is C10H24N4. The van der Waals surface area contributed by atoms with Crippen LogP contribution in [-0.4, -0.2) is 87.3 Å². The normalized spacial score (nSPS) is 21.0. The summed E-state index contributed by atoms with van der Waals surface area (Å²) < 4.78 is 0. The maximum Gasteiger partial charge on any atom is 0.0261 e. The zero-order chi connectivity index (χ0) is 10.6. The van der Waals surface area contributed by atoms with Crippen LogP contribution >= 0.6 is 0 Å². The Morgan fingerprint density at radius 1 is 0.929 bits per heavy atom. The van der Waals surface area contributed by atoms with Gasteiger partial charge in [-0.15, -0.1) is 0 Å². The molecule has 0 unspecified atom stereocenters. The van der Waals surface area contributed by atoms with Gasteiger partial charge in [0.25, 0.3) is 0 Å². The SMILES string of the molecule is CN(C)CCN1CCN(N(C)C)CC1.